The van der Waals surface area contributed by atoms with Gasteiger partial charge in [0, 0.05) is 20.1 Å². The highest BCUT2D eigenvalue weighted by Gasteiger charge is 2.32. The summed E-state index contributed by atoms with van der Waals surface area (Å²) in [6, 6.07) is 0. The van der Waals surface area contributed by atoms with Crippen LogP contribution >= 0.6 is 0 Å². The van der Waals surface area contributed by atoms with Gasteiger partial charge in [-0.15, -0.1) is 0 Å². The van der Waals surface area contributed by atoms with Gasteiger partial charge in [0.1, 0.15) is 5.54 Å². The maximum Gasteiger partial charge on any atom is 0.329 e. The summed E-state index contributed by atoms with van der Waals surface area (Å²) in [5.41, 5.74) is -1.16. The molecule has 1 atom stereocenters. The van der Waals surface area contributed by atoms with Crippen molar-refractivity contribution in [2.24, 2.45) is 0 Å². The molecule has 5 heteroatoms. The van der Waals surface area contributed by atoms with Crippen LogP contribution < -0.4 is 5.32 Å². The molecule has 0 aromatic carbocycles. The van der Waals surface area contributed by atoms with Gasteiger partial charge < -0.3 is 15.2 Å². The smallest absolute Gasteiger partial charge is 0.329 e. The lowest BCUT2D eigenvalue weighted by atomic mass is 9.99. The maximum atomic E-state index is 11.4. The number of ether oxygens (including phenoxy) is 1. The van der Waals surface area contributed by atoms with E-state index in [2.05, 4.69) is 5.32 Å². The number of amides is 1. The summed E-state index contributed by atoms with van der Waals surface area (Å²) in [6.45, 7) is 3.73. The first-order valence-corrected chi connectivity index (χ1v) is 4.99. The van der Waals surface area contributed by atoms with Gasteiger partial charge in [0.05, 0.1) is 0 Å². The first-order chi connectivity index (χ1) is 6.96. The molecule has 0 aliphatic carbocycles. The lowest BCUT2D eigenvalue weighted by Gasteiger charge is -2.24. The van der Waals surface area contributed by atoms with Crippen molar-refractivity contribution in [3.8, 4) is 0 Å². The molecule has 15 heavy (non-hydrogen) atoms. The van der Waals surface area contributed by atoms with Gasteiger partial charge in [-0.05, 0) is 19.8 Å². The number of carbonyl (C=O) groups is 2. The van der Waals surface area contributed by atoms with Crippen molar-refractivity contribution < 1.29 is 19.4 Å². The molecule has 0 aromatic rings. The van der Waals surface area contributed by atoms with E-state index in [1.807, 2.05) is 0 Å². The average Bonchev–Trinajstić information content (AvgIpc) is 2.17. The second-order valence-corrected chi connectivity index (χ2v) is 3.64. The fourth-order valence-electron chi connectivity index (χ4n) is 1.04. The van der Waals surface area contributed by atoms with Gasteiger partial charge in [0.2, 0.25) is 5.91 Å². The van der Waals surface area contributed by atoms with E-state index in [4.69, 9.17) is 9.84 Å². The standard InChI is InChI=1S/C10H19NO4/c1-4-10(2,9(13)14)11-8(12)6-5-7-15-3/h4-7H2,1-3H3,(H,11,12)(H,13,14). The first-order valence-electron chi connectivity index (χ1n) is 4.99. The molecule has 2 N–H and O–H groups in total. The molecule has 0 bridgehead atoms. The van der Waals surface area contributed by atoms with Crippen LogP contribution in [0.3, 0.4) is 0 Å². The lowest BCUT2D eigenvalue weighted by molar-refractivity contribution is -0.147. The average molecular weight is 217 g/mol. The molecule has 0 spiro atoms. The van der Waals surface area contributed by atoms with Gasteiger partial charge in [-0.2, -0.15) is 0 Å². The Labute approximate surface area is 89.8 Å². The van der Waals surface area contributed by atoms with Crippen LogP contribution in [0.2, 0.25) is 0 Å². The van der Waals surface area contributed by atoms with Gasteiger partial charge in [0.15, 0.2) is 0 Å². The molecule has 0 saturated heterocycles. The fraction of sp³-hybridized carbons (Fsp3) is 0.800. The third kappa shape index (κ3) is 4.78. The van der Waals surface area contributed by atoms with Gasteiger partial charge in [-0.25, -0.2) is 4.79 Å². The molecule has 0 aliphatic rings. The van der Waals surface area contributed by atoms with E-state index in [1.165, 1.54) is 6.92 Å². The summed E-state index contributed by atoms with van der Waals surface area (Å²) in [5, 5.41) is 11.4. The number of hydrogen-bond acceptors (Lipinski definition) is 3. The quantitative estimate of drug-likeness (QED) is 0.618. The Balaban J connectivity index is 4.08. The molecule has 0 aliphatic heterocycles. The number of carbonyl (C=O) groups excluding carboxylic acids is 1. The van der Waals surface area contributed by atoms with E-state index < -0.39 is 11.5 Å². The highest BCUT2D eigenvalue weighted by Crippen LogP contribution is 2.09. The number of hydrogen-bond donors (Lipinski definition) is 2. The van der Waals surface area contributed by atoms with E-state index >= 15 is 0 Å². The summed E-state index contributed by atoms with van der Waals surface area (Å²) in [5.74, 6) is -1.26. The van der Waals surface area contributed by atoms with Crippen LogP contribution in [0.15, 0.2) is 0 Å². The molecule has 0 heterocycles. The first kappa shape index (κ1) is 13.9. The Kier molecular flexibility index (Phi) is 5.93. The van der Waals surface area contributed by atoms with Crippen LogP contribution in [-0.4, -0.2) is 36.2 Å². The van der Waals surface area contributed by atoms with E-state index in [0.29, 0.717) is 19.4 Å². The van der Waals surface area contributed by atoms with Crippen molar-refractivity contribution in [3.63, 3.8) is 0 Å². The molecule has 88 valence electrons. The summed E-state index contributed by atoms with van der Waals surface area (Å²) >= 11 is 0. The predicted octanol–water partition coefficient (Wildman–Crippen LogP) is 0.782. The predicted molar refractivity (Wildman–Crippen MR) is 55.6 cm³/mol. The zero-order chi connectivity index (χ0) is 11.9. The number of carboxylic acids is 1. The Hall–Kier alpha value is -1.10. The molecular weight excluding hydrogens is 198 g/mol. The summed E-state index contributed by atoms with van der Waals surface area (Å²) < 4.78 is 4.80. The minimum Gasteiger partial charge on any atom is -0.480 e. The molecule has 5 nitrogen and oxygen atoms in total. The summed E-state index contributed by atoms with van der Waals surface area (Å²) in [4.78, 5) is 22.2. The van der Waals surface area contributed by atoms with Gasteiger partial charge in [-0.3, -0.25) is 4.79 Å². The van der Waals surface area contributed by atoms with Crippen molar-refractivity contribution in [1.29, 1.82) is 0 Å². The molecule has 1 unspecified atom stereocenters. The van der Waals surface area contributed by atoms with E-state index in [9.17, 15) is 9.59 Å². The van der Waals surface area contributed by atoms with E-state index in [-0.39, 0.29) is 12.3 Å². The third-order valence-corrected chi connectivity index (χ3v) is 2.35. The number of aliphatic carboxylic acids is 1. The number of rotatable bonds is 7. The van der Waals surface area contributed by atoms with E-state index in [1.54, 1.807) is 14.0 Å². The zero-order valence-electron chi connectivity index (χ0n) is 9.50. The van der Waals surface area contributed by atoms with Gasteiger partial charge in [0.25, 0.3) is 0 Å². The van der Waals surface area contributed by atoms with Crippen LogP contribution in [0.25, 0.3) is 0 Å². The Morgan fingerprint density at radius 1 is 1.47 bits per heavy atom. The minimum atomic E-state index is -1.16. The largest absolute Gasteiger partial charge is 0.480 e. The lowest BCUT2D eigenvalue weighted by Crippen LogP contribution is -2.51. The molecule has 1 amide bonds. The second-order valence-electron chi connectivity index (χ2n) is 3.64. The molecule has 0 aromatic heterocycles. The number of methoxy groups -OCH3 is 1. The Morgan fingerprint density at radius 2 is 2.07 bits per heavy atom. The SMILES string of the molecule is CCC(C)(NC(=O)CCCOC)C(=O)O. The highest BCUT2D eigenvalue weighted by atomic mass is 16.5. The van der Waals surface area contributed by atoms with Gasteiger partial charge in [-0.1, -0.05) is 6.92 Å². The van der Waals surface area contributed by atoms with Crippen molar-refractivity contribution >= 4 is 11.9 Å². The maximum absolute atomic E-state index is 11.4. The molecular formula is C10H19NO4. The highest BCUT2D eigenvalue weighted by molar-refractivity contribution is 5.86. The molecule has 0 saturated carbocycles. The monoisotopic (exact) mass is 217 g/mol. The fourth-order valence-corrected chi connectivity index (χ4v) is 1.04. The van der Waals surface area contributed by atoms with Crippen LogP contribution in [-0.2, 0) is 14.3 Å². The van der Waals surface area contributed by atoms with Crippen LogP contribution in [0.4, 0.5) is 0 Å². The number of carboxylic acid groups (broad SMARTS) is 1. The topological polar surface area (TPSA) is 75.6 Å². The number of nitrogens with one attached hydrogen (secondary N) is 1. The van der Waals surface area contributed by atoms with Crippen molar-refractivity contribution in [2.45, 2.75) is 38.6 Å². The van der Waals surface area contributed by atoms with Crippen LogP contribution in [0.1, 0.15) is 33.1 Å². The molecule has 0 rings (SSSR count). The summed E-state index contributed by atoms with van der Waals surface area (Å²) in [7, 11) is 1.56. The van der Waals surface area contributed by atoms with Crippen molar-refractivity contribution in [1.82, 2.24) is 5.32 Å². The van der Waals surface area contributed by atoms with E-state index in [0.717, 1.165) is 0 Å². The normalized spacial score (nSPS) is 14.3. The third-order valence-electron chi connectivity index (χ3n) is 2.35. The Bertz CT molecular complexity index is 229. The van der Waals surface area contributed by atoms with Crippen LogP contribution in [0, 0.1) is 0 Å². The second kappa shape index (κ2) is 6.40. The molecule has 0 radical (unpaired) electrons. The van der Waals surface area contributed by atoms with Gasteiger partial charge >= 0.3 is 5.97 Å². The van der Waals surface area contributed by atoms with Crippen LogP contribution in [0.5, 0.6) is 0 Å². The Morgan fingerprint density at radius 3 is 2.47 bits per heavy atom. The zero-order valence-corrected chi connectivity index (χ0v) is 9.50. The minimum absolute atomic E-state index is 0.251. The van der Waals surface area contributed by atoms with Crippen molar-refractivity contribution in [3.05, 3.63) is 0 Å². The molecule has 0 fully saturated rings. The summed E-state index contributed by atoms with van der Waals surface area (Å²) in [6.07, 6.45) is 1.25. The van der Waals surface area contributed by atoms with Crippen molar-refractivity contribution in [2.75, 3.05) is 13.7 Å².